The van der Waals surface area contributed by atoms with Gasteiger partial charge in [-0.3, -0.25) is 9.97 Å². The maximum Gasteiger partial charge on any atom is 1.20 e. The van der Waals surface area contributed by atoms with E-state index in [0.29, 0.717) is 17.2 Å². The minimum atomic E-state index is -2.89. The van der Waals surface area contributed by atoms with Gasteiger partial charge in [0.25, 0.3) is 0 Å². The quantitative estimate of drug-likeness (QED) is 0.165. The first-order chi connectivity index (χ1) is 20.6. The number of nitrogens with zero attached hydrogens (tertiary/aromatic N) is 2. The van der Waals surface area contributed by atoms with Crippen LogP contribution in [-0.4, -0.2) is 25.1 Å². The van der Waals surface area contributed by atoms with Crippen molar-refractivity contribution in [2.45, 2.75) is 13.8 Å². The Kier molecular flexibility index (Phi) is 8.28. The van der Waals surface area contributed by atoms with Gasteiger partial charge in [-0.25, -0.2) is 0 Å². The predicted molar refractivity (Wildman–Crippen MR) is 168 cm³/mol. The summed E-state index contributed by atoms with van der Waals surface area (Å²) in [7, 11) is 0. The van der Waals surface area contributed by atoms with Gasteiger partial charge in [0.1, 0.15) is 0 Å². The lowest BCUT2D eigenvalue weighted by Crippen LogP contribution is -2.37. The molecule has 0 saturated carbocycles. The molecule has 6 heteroatoms. The van der Waals surface area contributed by atoms with Crippen LogP contribution in [0.2, 0.25) is 0 Å². The normalized spacial score (nSPS) is 10.6. The van der Waals surface area contributed by atoms with Gasteiger partial charge >= 0.3 is 15.1 Å². The van der Waals surface area contributed by atoms with Crippen molar-refractivity contribution >= 4 is 15.1 Å². The first kappa shape index (κ1) is 27.3. The zero-order chi connectivity index (χ0) is 28.7. The van der Waals surface area contributed by atoms with Crippen LogP contribution in [0.15, 0.2) is 140 Å². The first-order valence-electron chi connectivity index (χ1n) is 13.8. The lowest BCUT2D eigenvalue weighted by atomic mass is 10.1. The van der Waals surface area contributed by atoms with Crippen LogP contribution in [0.5, 0.6) is 17.2 Å². The van der Waals surface area contributed by atoms with Gasteiger partial charge in [0.15, 0.2) is 0 Å². The Morgan fingerprint density at radius 1 is 0.429 bits per heavy atom. The van der Waals surface area contributed by atoms with E-state index in [0.717, 1.165) is 45.0 Å². The summed E-state index contributed by atoms with van der Waals surface area (Å²) in [6.07, 6.45) is 0. The highest BCUT2D eigenvalue weighted by molar-refractivity contribution is 6.39. The van der Waals surface area contributed by atoms with Crippen LogP contribution in [0, 0.1) is 13.8 Å². The van der Waals surface area contributed by atoms with Crippen molar-refractivity contribution < 1.29 is 11.4 Å². The Morgan fingerprint density at radius 2 is 0.905 bits per heavy atom. The number of pyridine rings is 2. The molecule has 0 saturated heterocycles. The van der Waals surface area contributed by atoms with E-state index in [4.69, 9.17) is 21.3 Å². The molecule has 2 heterocycles. The van der Waals surface area contributed by atoms with E-state index < -0.39 is 15.1 Å². The largest absolute Gasteiger partial charge is 1.20 e. The molecule has 204 valence electrons. The summed E-state index contributed by atoms with van der Waals surface area (Å²) in [6.45, 7) is 3.96. The third kappa shape index (κ3) is 6.53. The predicted octanol–water partition coefficient (Wildman–Crippen LogP) is 8.62. The van der Waals surface area contributed by atoms with E-state index in [1.54, 1.807) is 0 Å². The van der Waals surface area contributed by atoms with Crippen LogP contribution in [0.25, 0.3) is 33.6 Å². The molecule has 0 spiro atoms. The number of benzene rings is 4. The molecule has 2 aromatic heterocycles. The molecule has 6 rings (SSSR count). The zero-order valence-electron chi connectivity index (χ0n) is 23.5. The molecule has 0 radical (unpaired) electrons. The summed E-state index contributed by atoms with van der Waals surface area (Å²) < 4.78 is 19.7. The van der Waals surface area contributed by atoms with E-state index in [2.05, 4.69) is 12.1 Å². The van der Waals surface area contributed by atoms with Crippen molar-refractivity contribution in [2.75, 3.05) is 0 Å². The lowest BCUT2D eigenvalue weighted by Gasteiger charge is -2.20. The van der Waals surface area contributed by atoms with Crippen molar-refractivity contribution in [3.8, 4) is 50.9 Å². The summed E-state index contributed by atoms with van der Waals surface area (Å²) in [5.41, 5.74) is 7.52. The molecule has 0 amide bonds. The van der Waals surface area contributed by atoms with Crippen LogP contribution in [0.3, 0.4) is 0 Å². The molecule has 5 nitrogen and oxygen atoms in total. The fourth-order valence-corrected chi connectivity index (χ4v) is 6.04. The van der Waals surface area contributed by atoms with E-state index in [1.807, 2.05) is 141 Å². The zero-order valence-corrected chi connectivity index (χ0v) is 24.6. The van der Waals surface area contributed by atoms with E-state index >= 15 is 0 Å². The molecule has 0 aliphatic heterocycles. The Morgan fingerprint density at radius 3 is 1.43 bits per heavy atom. The topological polar surface area (TPSA) is 53.5 Å². The minimum Gasteiger partial charge on any atom is -0.577 e. The van der Waals surface area contributed by atoms with Gasteiger partial charge in [0.05, 0.1) is 28.6 Å². The number of para-hydroxylation sites is 2. The van der Waals surface area contributed by atoms with Gasteiger partial charge < -0.3 is 11.4 Å². The molecular formula is C36H29AlN2O3. The number of aryl methyl sites for hydroxylation is 2. The molecule has 0 aliphatic carbocycles. The molecule has 0 fully saturated rings. The average Bonchev–Trinajstić information content (AvgIpc) is 3.02. The van der Waals surface area contributed by atoms with E-state index in [9.17, 15) is 0 Å². The molecule has 0 N–H and O–H groups in total. The van der Waals surface area contributed by atoms with Gasteiger partial charge in [-0.15, -0.1) is 0 Å². The molecule has 4 aromatic carbocycles. The Bertz CT molecular complexity index is 1700. The lowest BCUT2D eigenvalue weighted by molar-refractivity contribution is 0.308. The van der Waals surface area contributed by atoms with Crippen LogP contribution in [-0.2, 0) is 0 Å². The summed E-state index contributed by atoms with van der Waals surface area (Å²) >= 11 is -2.89. The molecular weight excluding hydrogens is 535 g/mol. The summed E-state index contributed by atoms with van der Waals surface area (Å²) in [6, 6.07) is 45.9. The third-order valence-electron chi connectivity index (χ3n) is 6.74. The smallest absolute Gasteiger partial charge is 0.577 e. The van der Waals surface area contributed by atoms with E-state index in [1.165, 1.54) is 0 Å². The highest BCUT2D eigenvalue weighted by Crippen LogP contribution is 2.33. The number of hydrogen-bond donors (Lipinski definition) is 0. The van der Waals surface area contributed by atoms with Crippen LogP contribution >= 0.6 is 0 Å². The first-order valence-corrected chi connectivity index (χ1v) is 15.3. The monoisotopic (exact) mass is 564 g/mol. The van der Waals surface area contributed by atoms with Crippen molar-refractivity contribution in [3.05, 3.63) is 151 Å². The fourth-order valence-electron chi connectivity index (χ4n) is 4.70. The second-order valence-electron chi connectivity index (χ2n) is 9.85. The van der Waals surface area contributed by atoms with Gasteiger partial charge in [-0.05, 0) is 85.6 Å². The van der Waals surface area contributed by atoms with Crippen LogP contribution in [0.4, 0.5) is 0 Å². The minimum absolute atomic E-state index is 0.652. The van der Waals surface area contributed by atoms with Crippen molar-refractivity contribution in [3.63, 3.8) is 0 Å². The second-order valence-corrected chi connectivity index (χ2v) is 11.1. The molecule has 0 aliphatic rings. The molecule has 42 heavy (non-hydrogen) atoms. The highest BCUT2D eigenvalue weighted by Gasteiger charge is 2.45. The third-order valence-corrected chi connectivity index (χ3v) is 8.10. The number of rotatable bonds is 9. The molecule has 0 bridgehead atoms. The van der Waals surface area contributed by atoms with Crippen molar-refractivity contribution in [1.29, 1.82) is 0 Å². The SMILES string of the molecule is Cc1cccc(-c2ccccc2[O][Al]([O]c2ccc(-c3ccccc3)cc2)[O]c2ccccc2-c2cccc(C)n2)n1. The summed E-state index contributed by atoms with van der Waals surface area (Å²) in [4.78, 5) is 9.45. The average molecular weight is 565 g/mol. The molecule has 0 atom stereocenters. The fraction of sp³-hybridized carbons (Fsp3) is 0.0556. The van der Waals surface area contributed by atoms with E-state index in [-0.39, 0.29) is 0 Å². The van der Waals surface area contributed by atoms with Crippen LogP contribution < -0.4 is 11.4 Å². The van der Waals surface area contributed by atoms with Crippen molar-refractivity contribution in [2.24, 2.45) is 0 Å². The summed E-state index contributed by atoms with van der Waals surface area (Å²) in [5, 5.41) is 0. The Hall–Kier alpha value is -4.89. The number of aromatic nitrogens is 2. The molecule has 6 aromatic rings. The van der Waals surface area contributed by atoms with Crippen LogP contribution in [0.1, 0.15) is 11.4 Å². The standard InChI is InChI=1S/2C12H11NO.C12H10O.Al/c2*1-9-5-4-7-11(13-9)10-6-2-3-8-12(10)14;13-12-8-6-11(7-9-12)10-4-2-1-3-5-10;/h2*2-8,14H,1H3;1-9,13H;/q;;;+3/p-3. The maximum atomic E-state index is 6.61. The number of hydrogen-bond acceptors (Lipinski definition) is 5. The Balaban J connectivity index is 1.34. The van der Waals surface area contributed by atoms with Gasteiger partial charge in [0.2, 0.25) is 0 Å². The Labute approximate surface area is 251 Å². The highest BCUT2D eigenvalue weighted by atomic mass is 27.3. The second kappa shape index (κ2) is 12.7. The van der Waals surface area contributed by atoms with Gasteiger partial charge in [0, 0.05) is 22.5 Å². The molecule has 0 unspecified atom stereocenters. The van der Waals surface area contributed by atoms with Gasteiger partial charge in [-0.1, -0.05) is 78.9 Å². The summed E-state index contributed by atoms with van der Waals surface area (Å²) in [5.74, 6) is 1.97. The maximum absolute atomic E-state index is 6.61. The van der Waals surface area contributed by atoms with Crippen molar-refractivity contribution in [1.82, 2.24) is 9.97 Å². The van der Waals surface area contributed by atoms with Gasteiger partial charge in [-0.2, -0.15) is 0 Å².